The van der Waals surface area contributed by atoms with Gasteiger partial charge in [0.2, 0.25) is 0 Å². The van der Waals surface area contributed by atoms with E-state index >= 15 is 0 Å². The molecular weight excluding hydrogens is 315 g/mol. The zero-order chi connectivity index (χ0) is 12.0. The van der Waals surface area contributed by atoms with Crippen molar-refractivity contribution in [1.29, 1.82) is 0 Å². The number of rotatable bonds is 0. The fourth-order valence-corrected chi connectivity index (χ4v) is 1.01. The van der Waals surface area contributed by atoms with Crippen LogP contribution in [0.3, 0.4) is 0 Å². The van der Waals surface area contributed by atoms with E-state index in [4.69, 9.17) is 0 Å². The molecule has 2 rings (SSSR count). The van der Waals surface area contributed by atoms with E-state index in [0.29, 0.717) is 0 Å². The summed E-state index contributed by atoms with van der Waals surface area (Å²) in [5.74, 6) is 0. The van der Waals surface area contributed by atoms with Gasteiger partial charge in [-0.1, -0.05) is 48.6 Å². The average Bonchev–Trinajstić information content (AvgIpc) is 2.93. The molecule has 0 bridgehead atoms. The molecule has 0 saturated carbocycles. The van der Waals surface area contributed by atoms with E-state index in [2.05, 4.69) is 0 Å². The van der Waals surface area contributed by atoms with Crippen molar-refractivity contribution in [1.82, 2.24) is 0 Å². The molecule has 0 unspecified atom stereocenters. The van der Waals surface area contributed by atoms with Gasteiger partial charge in [0.05, 0.1) is 12.0 Å². The molecular formula is C12H8F2O2Ru. The van der Waals surface area contributed by atoms with Crippen LogP contribution in [0.2, 0.25) is 0 Å². The van der Waals surface area contributed by atoms with Gasteiger partial charge in [-0.2, -0.15) is 0 Å². The molecule has 0 aromatic heterocycles. The minimum Gasteiger partial charge on any atom is -0.851 e. The largest absolute Gasteiger partial charge is 2.00 e. The van der Waals surface area contributed by atoms with Gasteiger partial charge in [-0.25, -0.2) is 8.78 Å². The molecule has 0 radical (unpaired) electrons. The van der Waals surface area contributed by atoms with Crippen molar-refractivity contribution in [2.45, 2.75) is 0 Å². The van der Waals surface area contributed by atoms with Crippen molar-refractivity contribution in [2.24, 2.45) is 0 Å². The number of hydrogen-bond acceptors (Lipinski definition) is 2. The van der Waals surface area contributed by atoms with Crippen LogP contribution in [-0.2, 0) is 19.5 Å². The smallest absolute Gasteiger partial charge is 0.851 e. The van der Waals surface area contributed by atoms with Gasteiger partial charge in [0.15, 0.2) is 0 Å². The molecule has 0 aliphatic heterocycles. The molecule has 17 heavy (non-hydrogen) atoms. The third kappa shape index (κ3) is 5.41. The van der Waals surface area contributed by atoms with Crippen LogP contribution in [0.15, 0.2) is 71.8 Å². The molecule has 0 heterocycles. The van der Waals surface area contributed by atoms with E-state index < -0.39 is 12.0 Å². The maximum absolute atomic E-state index is 11.6. The first-order valence-corrected chi connectivity index (χ1v) is 4.44. The summed E-state index contributed by atoms with van der Waals surface area (Å²) < 4.78 is 23.3. The molecule has 0 N–H and O–H groups in total. The van der Waals surface area contributed by atoms with E-state index in [9.17, 15) is 19.0 Å². The van der Waals surface area contributed by atoms with Crippen LogP contribution in [0, 0.1) is 0 Å². The Labute approximate surface area is 110 Å². The van der Waals surface area contributed by atoms with Gasteiger partial charge in [0.1, 0.15) is 0 Å². The molecule has 0 atom stereocenters. The molecule has 90 valence electrons. The molecule has 0 saturated heterocycles. The summed E-state index contributed by atoms with van der Waals surface area (Å²) in [7, 11) is 0. The quantitative estimate of drug-likeness (QED) is 0.498. The maximum atomic E-state index is 11.6. The summed E-state index contributed by atoms with van der Waals surface area (Å²) >= 11 is 0. The van der Waals surface area contributed by atoms with Crippen LogP contribution in [0.25, 0.3) is 0 Å². The monoisotopic (exact) mass is 324 g/mol. The molecule has 0 fully saturated rings. The summed E-state index contributed by atoms with van der Waals surface area (Å²) in [6.07, 6.45) is 12.2. The Morgan fingerprint density at radius 1 is 0.706 bits per heavy atom. The van der Waals surface area contributed by atoms with Crippen LogP contribution in [-0.4, -0.2) is 0 Å². The molecule has 2 aliphatic rings. The summed E-state index contributed by atoms with van der Waals surface area (Å²) in [6, 6.07) is -2.73. The molecule has 2 nitrogen and oxygen atoms in total. The minimum atomic E-state index is -1.37. The van der Waals surface area contributed by atoms with Crippen molar-refractivity contribution >= 4 is 0 Å². The Morgan fingerprint density at radius 3 is 1.06 bits per heavy atom. The summed E-state index contributed by atoms with van der Waals surface area (Å²) in [4.78, 5) is 0. The van der Waals surface area contributed by atoms with Crippen LogP contribution >= 0.6 is 0 Å². The van der Waals surface area contributed by atoms with Gasteiger partial charge in [0.25, 0.3) is 0 Å². The van der Waals surface area contributed by atoms with E-state index in [1.807, 2.05) is 0 Å². The number of allylic oxidation sites excluding steroid dienone is 10. The Kier molecular flexibility index (Phi) is 7.07. The zero-order valence-electron chi connectivity index (χ0n) is 8.54. The Hall–Kier alpha value is -1.48. The van der Waals surface area contributed by atoms with Crippen LogP contribution < -0.4 is 10.2 Å². The van der Waals surface area contributed by atoms with E-state index in [1.165, 1.54) is 24.3 Å². The maximum Gasteiger partial charge on any atom is 2.00 e. The predicted octanol–water partition coefficient (Wildman–Crippen LogP) is 1.31. The van der Waals surface area contributed by atoms with Gasteiger partial charge in [0, 0.05) is 0 Å². The fraction of sp³-hybridized carbons (Fsp3) is 0. The Balaban J connectivity index is 0.000000284. The Morgan fingerprint density at radius 2 is 0.941 bits per heavy atom. The van der Waals surface area contributed by atoms with Crippen molar-refractivity contribution in [3.05, 3.63) is 71.8 Å². The first-order valence-electron chi connectivity index (χ1n) is 4.44. The normalized spacial score (nSPS) is 14.5. The minimum absolute atomic E-state index is 0. The Bertz CT molecular complexity index is 365. The second-order valence-electron chi connectivity index (χ2n) is 2.89. The van der Waals surface area contributed by atoms with Gasteiger partial charge >= 0.3 is 19.5 Å². The molecule has 0 spiro atoms. The molecule has 0 amide bonds. The first kappa shape index (κ1) is 15.5. The van der Waals surface area contributed by atoms with Crippen LogP contribution in [0.1, 0.15) is 0 Å². The SMILES string of the molecule is [O-]C(F)=C1C=CC=C1.[O-]C(F)=C1C=CC=C1.[Ru+2]. The van der Waals surface area contributed by atoms with Crippen molar-refractivity contribution in [2.75, 3.05) is 0 Å². The second kappa shape index (κ2) is 7.74. The molecule has 5 heteroatoms. The van der Waals surface area contributed by atoms with Crippen molar-refractivity contribution in [3.8, 4) is 0 Å². The zero-order valence-corrected chi connectivity index (χ0v) is 10.3. The molecule has 0 aromatic rings. The topological polar surface area (TPSA) is 46.1 Å². The average molecular weight is 323 g/mol. The fourth-order valence-electron chi connectivity index (χ4n) is 1.01. The van der Waals surface area contributed by atoms with Crippen molar-refractivity contribution < 1.29 is 38.5 Å². The molecule has 0 aromatic carbocycles. The molecule has 2 aliphatic carbocycles. The van der Waals surface area contributed by atoms with E-state index in [-0.39, 0.29) is 30.6 Å². The second-order valence-corrected chi connectivity index (χ2v) is 2.89. The van der Waals surface area contributed by atoms with Crippen LogP contribution in [0.5, 0.6) is 0 Å². The summed E-state index contributed by atoms with van der Waals surface area (Å²) in [5.41, 5.74) is 0.259. The van der Waals surface area contributed by atoms with Crippen molar-refractivity contribution in [3.63, 3.8) is 0 Å². The standard InChI is InChI=1S/2C6H5FO.Ru/c2*7-6(8)5-3-1-2-4-5;/h2*1-4,8H;/q;;+2/p-2. The summed E-state index contributed by atoms with van der Waals surface area (Å²) in [5, 5.41) is 19.7. The van der Waals surface area contributed by atoms with E-state index in [0.717, 1.165) is 0 Å². The third-order valence-electron chi connectivity index (χ3n) is 1.78. The first-order chi connectivity index (χ1) is 7.61. The third-order valence-corrected chi connectivity index (χ3v) is 1.78. The predicted molar refractivity (Wildman–Crippen MR) is 52.8 cm³/mol. The van der Waals surface area contributed by atoms with Gasteiger partial charge in [-0.15, -0.1) is 0 Å². The van der Waals surface area contributed by atoms with Gasteiger partial charge < -0.3 is 10.2 Å². The number of hydrogen-bond donors (Lipinski definition) is 0. The van der Waals surface area contributed by atoms with Gasteiger partial charge in [-0.3, -0.25) is 0 Å². The summed E-state index contributed by atoms with van der Waals surface area (Å²) in [6.45, 7) is 0. The van der Waals surface area contributed by atoms with Gasteiger partial charge in [-0.05, 0) is 11.1 Å². The van der Waals surface area contributed by atoms with Crippen LogP contribution in [0.4, 0.5) is 8.78 Å². The number of halogens is 2. The van der Waals surface area contributed by atoms with E-state index in [1.54, 1.807) is 24.3 Å².